The Morgan fingerprint density at radius 3 is 1.21 bits per heavy atom. The lowest BCUT2D eigenvalue weighted by Gasteiger charge is -2.02. The van der Waals surface area contributed by atoms with E-state index in [1.807, 2.05) is 0 Å². The van der Waals surface area contributed by atoms with Crippen LogP contribution < -0.4 is 0 Å². The quantitative estimate of drug-likeness (QED) is 0.564. The fourth-order valence-electron chi connectivity index (χ4n) is 0.800. The van der Waals surface area contributed by atoms with Crippen LogP contribution in [0.4, 0.5) is 0 Å². The summed E-state index contributed by atoms with van der Waals surface area (Å²) in [5.74, 6) is 1.30. The fourth-order valence-corrected chi connectivity index (χ4v) is 0.800. The number of rotatable bonds is 4. The van der Waals surface area contributed by atoms with Crippen LogP contribution in [0.1, 0.15) is 41.5 Å². The smallest absolute Gasteiger partial charge is 0.0260 e. The summed E-state index contributed by atoms with van der Waals surface area (Å²) in [5.41, 5.74) is 2.86. The number of allylic oxidation sites excluding steroid dienone is 6. The van der Waals surface area contributed by atoms with Crippen molar-refractivity contribution >= 4 is 0 Å². The molecule has 0 saturated heterocycles. The molecule has 80 valence electrons. The zero-order valence-corrected chi connectivity index (χ0v) is 10.5. The molecule has 0 saturated carbocycles. The highest BCUT2D eigenvalue weighted by molar-refractivity contribution is 5.19. The standard InChI is InChI=1S/C14H24/c1-11(2)13(5)9-7-8-10-14(6)12(3)4/h7-12H,1-6H3/b8-7+,13-9+,14-10+. The van der Waals surface area contributed by atoms with Crippen LogP contribution in [0.15, 0.2) is 35.5 Å². The molecule has 0 spiro atoms. The van der Waals surface area contributed by atoms with Crippen molar-refractivity contribution in [2.75, 3.05) is 0 Å². The highest BCUT2D eigenvalue weighted by Gasteiger charge is 1.93. The minimum Gasteiger partial charge on any atom is -0.0708 e. The zero-order chi connectivity index (χ0) is 11.1. The molecule has 0 aliphatic rings. The van der Waals surface area contributed by atoms with Gasteiger partial charge in [-0.15, -0.1) is 0 Å². The molecule has 0 aliphatic carbocycles. The van der Waals surface area contributed by atoms with Crippen LogP contribution in [-0.2, 0) is 0 Å². The first-order chi connectivity index (χ1) is 6.45. The van der Waals surface area contributed by atoms with Gasteiger partial charge in [-0.05, 0) is 25.7 Å². The van der Waals surface area contributed by atoms with E-state index >= 15 is 0 Å². The Hall–Kier alpha value is -0.780. The molecule has 0 aromatic heterocycles. The van der Waals surface area contributed by atoms with Gasteiger partial charge in [0.2, 0.25) is 0 Å². The molecule has 0 bridgehead atoms. The molecule has 0 fully saturated rings. The molecule has 0 unspecified atom stereocenters. The van der Waals surface area contributed by atoms with Crippen LogP contribution in [0.5, 0.6) is 0 Å². The van der Waals surface area contributed by atoms with Crippen molar-refractivity contribution in [2.45, 2.75) is 41.5 Å². The summed E-state index contributed by atoms with van der Waals surface area (Å²) < 4.78 is 0. The predicted molar refractivity (Wildman–Crippen MR) is 66.3 cm³/mol. The summed E-state index contributed by atoms with van der Waals surface area (Å²) in [7, 11) is 0. The normalized spacial score (nSPS) is 14.9. The van der Waals surface area contributed by atoms with Crippen molar-refractivity contribution in [1.29, 1.82) is 0 Å². The molecule has 0 radical (unpaired) electrons. The second kappa shape index (κ2) is 6.64. The third-order valence-corrected chi connectivity index (χ3v) is 2.65. The molecule has 0 aliphatic heterocycles. The molecular weight excluding hydrogens is 168 g/mol. The number of hydrogen-bond acceptors (Lipinski definition) is 0. The molecule has 0 nitrogen and oxygen atoms in total. The molecule has 0 N–H and O–H groups in total. The maximum absolute atomic E-state index is 2.22. The van der Waals surface area contributed by atoms with Crippen LogP contribution in [0.25, 0.3) is 0 Å². The second-order valence-electron chi connectivity index (χ2n) is 4.52. The first-order valence-corrected chi connectivity index (χ1v) is 5.46. The van der Waals surface area contributed by atoms with E-state index in [1.165, 1.54) is 11.1 Å². The van der Waals surface area contributed by atoms with Gasteiger partial charge in [0.25, 0.3) is 0 Å². The summed E-state index contributed by atoms with van der Waals surface area (Å²) in [6, 6.07) is 0. The Morgan fingerprint density at radius 1 is 0.714 bits per heavy atom. The van der Waals surface area contributed by atoms with E-state index in [1.54, 1.807) is 0 Å². The van der Waals surface area contributed by atoms with Crippen molar-refractivity contribution in [1.82, 2.24) is 0 Å². The maximum atomic E-state index is 2.22. The van der Waals surface area contributed by atoms with Gasteiger partial charge in [-0.1, -0.05) is 63.1 Å². The van der Waals surface area contributed by atoms with Gasteiger partial charge in [-0.2, -0.15) is 0 Å². The molecule has 0 rings (SSSR count). The van der Waals surface area contributed by atoms with Crippen molar-refractivity contribution in [3.8, 4) is 0 Å². The van der Waals surface area contributed by atoms with Gasteiger partial charge in [0.15, 0.2) is 0 Å². The molecule has 0 amide bonds. The van der Waals surface area contributed by atoms with Gasteiger partial charge in [0.05, 0.1) is 0 Å². The first kappa shape index (κ1) is 13.2. The molecule has 0 atom stereocenters. The molecule has 0 heterocycles. The second-order valence-corrected chi connectivity index (χ2v) is 4.52. The minimum atomic E-state index is 0.648. The molecule has 0 heteroatoms. The van der Waals surface area contributed by atoms with Crippen LogP contribution in [0.2, 0.25) is 0 Å². The van der Waals surface area contributed by atoms with E-state index in [0.717, 1.165) is 0 Å². The Bertz CT molecular complexity index is 211. The van der Waals surface area contributed by atoms with Gasteiger partial charge < -0.3 is 0 Å². The van der Waals surface area contributed by atoms with E-state index in [4.69, 9.17) is 0 Å². The Labute approximate surface area is 89.4 Å². The first-order valence-electron chi connectivity index (χ1n) is 5.46. The molecule has 0 aromatic carbocycles. The third-order valence-electron chi connectivity index (χ3n) is 2.65. The van der Waals surface area contributed by atoms with Crippen molar-refractivity contribution in [2.24, 2.45) is 11.8 Å². The van der Waals surface area contributed by atoms with E-state index in [-0.39, 0.29) is 0 Å². The Morgan fingerprint density at radius 2 is 1.00 bits per heavy atom. The summed E-state index contributed by atoms with van der Waals surface area (Å²) in [4.78, 5) is 0. The largest absolute Gasteiger partial charge is 0.0708 e. The van der Waals surface area contributed by atoms with Gasteiger partial charge in [0.1, 0.15) is 0 Å². The van der Waals surface area contributed by atoms with Crippen molar-refractivity contribution < 1.29 is 0 Å². The van der Waals surface area contributed by atoms with Crippen LogP contribution in [0.3, 0.4) is 0 Å². The van der Waals surface area contributed by atoms with Crippen molar-refractivity contribution in [3.63, 3.8) is 0 Å². The lowest BCUT2D eigenvalue weighted by molar-refractivity contribution is 0.768. The van der Waals surface area contributed by atoms with E-state index in [2.05, 4.69) is 65.8 Å². The Balaban J connectivity index is 4.21. The summed E-state index contributed by atoms with van der Waals surface area (Å²) in [6.45, 7) is 13.2. The van der Waals surface area contributed by atoms with Crippen molar-refractivity contribution in [3.05, 3.63) is 35.5 Å². The number of hydrogen-bond donors (Lipinski definition) is 0. The van der Waals surface area contributed by atoms with Gasteiger partial charge >= 0.3 is 0 Å². The Kier molecular flexibility index (Phi) is 6.27. The molecular formula is C14H24. The lowest BCUT2D eigenvalue weighted by atomic mass is 10.0. The summed E-state index contributed by atoms with van der Waals surface area (Å²) >= 11 is 0. The van der Waals surface area contributed by atoms with E-state index in [0.29, 0.717) is 11.8 Å². The minimum absolute atomic E-state index is 0.648. The van der Waals surface area contributed by atoms with Gasteiger partial charge in [-0.25, -0.2) is 0 Å². The SMILES string of the molecule is C\C(=C/C=C/C=C(\C)C(C)C)C(C)C. The highest BCUT2D eigenvalue weighted by Crippen LogP contribution is 2.09. The third kappa shape index (κ3) is 5.80. The maximum Gasteiger partial charge on any atom is -0.0260 e. The zero-order valence-electron chi connectivity index (χ0n) is 10.5. The monoisotopic (exact) mass is 192 g/mol. The van der Waals surface area contributed by atoms with E-state index in [9.17, 15) is 0 Å². The summed E-state index contributed by atoms with van der Waals surface area (Å²) in [5, 5.41) is 0. The average molecular weight is 192 g/mol. The van der Waals surface area contributed by atoms with Crippen LogP contribution in [0, 0.1) is 11.8 Å². The fraction of sp³-hybridized carbons (Fsp3) is 0.571. The highest BCUT2D eigenvalue weighted by atomic mass is 14.0. The van der Waals surface area contributed by atoms with Gasteiger partial charge in [-0.3, -0.25) is 0 Å². The molecule has 0 aromatic rings. The van der Waals surface area contributed by atoms with Crippen LogP contribution in [-0.4, -0.2) is 0 Å². The summed E-state index contributed by atoms with van der Waals surface area (Å²) in [6.07, 6.45) is 8.63. The molecule has 14 heavy (non-hydrogen) atoms. The van der Waals surface area contributed by atoms with Crippen LogP contribution >= 0.6 is 0 Å². The average Bonchev–Trinajstić information content (AvgIpc) is 2.11. The lowest BCUT2D eigenvalue weighted by Crippen LogP contribution is -1.87. The topological polar surface area (TPSA) is 0 Å². The predicted octanol–water partition coefficient (Wildman–Crippen LogP) is 4.75. The van der Waals surface area contributed by atoms with E-state index < -0.39 is 0 Å². The van der Waals surface area contributed by atoms with Gasteiger partial charge in [0, 0.05) is 0 Å².